The van der Waals surface area contributed by atoms with E-state index >= 15 is 0 Å². The Morgan fingerprint density at radius 3 is 2.78 bits per heavy atom. The SMILES string of the molecule is CCc1nn(C)cc1CN=C(N)NCC(C)C.I. The van der Waals surface area contributed by atoms with Crippen molar-refractivity contribution in [1.29, 1.82) is 0 Å². The van der Waals surface area contributed by atoms with Gasteiger partial charge in [-0.05, 0) is 12.3 Å². The van der Waals surface area contributed by atoms with Crippen LogP contribution in [-0.2, 0) is 20.0 Å². The van der Waals surface area contributed by atoms with Crippen LogP contribution in [0.3, 0.4) is 0 Å². The molecule has 0 unspecified atom stereocenters. The first-order valence-electron chi connectivity index (χ1n) is 6.08. The molecule has 0 spiro atoms. The predicted molar refractivity (Wildman–Crippen MR) is 86.2 cm³/mol. The summed E-state index contributed by atoms with van der Waals surface area (Å²) in [6.45, 7) is 7.81. The van der Waals surface area contributed by atoms with Crippen LogP contribution in [0.4, 0.5) is 0 Å². The maximum Gasteiger partial charge on any atom is 0.188 e. The van der Waals surface area contributed by atoms with Crippen LogP contribution in [0.15, 0.2) is 11.2 Å². The molecule has 0 atom stereocenters. The number of aryl methyl sites for hydroxylation is 2. The molecule has 6 heteroatoms. The van der Waals surface area contributed by atoms with E-state index in [0.717, 1.165) is 24.2 Å². The topological polar surface area (TPSA) is 68.2 Å². The van der Waals surface area contributed by atoms with Gasteiger partial charge in [0, 0.05) is 25.4 Å². The van der Waals surface area contributed by atoms with Gasteiger partial charge in [0.2, 0.25) is 0 Å². The molecule has 1 aromatic heterocycles. The molecule has 0 aromatic carbocycles. The van der Waals surface area contributed by atoms with Gasteiger partial charge in [0.25, 0.3) is 0 Å². The third-order valence-electron chi connectivity index (χ3n) is 2.44. The summed E-state index contributed by atoms with van der Waals surface area (Å²) in [4.78, 5) is 4.32. The number of nitrogens with zero attached hydrogens (tertiary/aromatic N) is 3. The van der Waals surface area contributed by atoms with Crippen LogP contribution in [0.25, 0.3) is 0 Å². The summed E-state index contributed by atoms with van der Waals surface area (Å²) in [7, 11) is 1.92. The molecule has 5 nitrogen and oxygen atoms in total. The smallest absolute Gasteiger partial charge is 0.188 e. The van der Waals surface area contributed by atoms with Crippen molar-refractivity contribution in [2.24, 2.45) is 23.7 Å². The van der Waals surface area contributed by atoms with Crippen molar-refractivity contribution in [2.45, 2.75) is 33.7 Å². The van der Waals surface area contributed by atoms with Crippen molar-refractivity contribution in [1.82, 2.24) is 15.1 Å². The lowest BCUT2D eigenvalue weighted by Gasteiger charge is -2.07. The molecule has 18 heavy (non-hydrogen) atoms. The highest BCUT2D eigenvalue weighted by atomic mass is 127. The Morgan fingerprint density at radius 1 is 1.56 bits per heavy atom. The lowest BCUT2D eigenvalue weighted by Crippen LogP contribution is -2.34. The number of hydrogen-bond acceptors (Lipinski definition) is 2. The Morgan fingerprint density at radius 2 is 2.22 bits per heavy atom. The molecule has 0 amide bonds. The average Bonchev–Trinajstić information content (AvgIpc) is 2.64. The summed E-state index contributed by atoms with van der Waals surface area (Å²) in [5.74, 6) is 1.07. The number of aliphatic imine (C=N–C) groups is 1. The zero-order valence-corrected chi connectivity index (χ0v) is 13.9. The molecule has 1 heterocycles. The second-order valence-corrected chi connectivity index (χ2v) is 4.60. The van der Waals surface area contributed by atoms with Gasteiger partial charge >= 0.3 is 0 Å². The van der Waals surface area contributed by atoms with E-state index in [1.807, 2.05) is 17.9 Å². The second kappa shape index (κ2) is 8.34. The number of aromatic nitrogens is 2. The third kappa shape index (κ3) is 5.70. The Hall–Kier alpha value is -0.790. The standard InChI is InChI=1S/C12H23N5.HI/c1-5-11-10(8-17(4)16-11)7-15-12(13)14-6-9(2)3;/h8-9H,5-7H2,1-4H3,(H3,13,14,15);1H. The maximum atomic E-state index is 5.78. The van der Waals surface area contributed by atoms with E-state index in [9.17, 15) is 0 Å². The number of halogens is 1. The highest BCUT2D eigenvalue weighted by Gasteiger charge is 2.04. The van der Waals surface area contributed by atoms with E-state index in [0.29, 0.717) is 18.4 Å². The molecule has 3 N–H and O–H groups in total. The van der Waals surface area contributed by atoms with Gasteiger partial charge in [-0.15, -0.1) is 24.0 Å². The molecular weight excluding hydrogens is 341 g/mol. The Balaban J connectivity index is 0.00000289. The van der Waals surface area contributed by atoms with E-state index in [2.05, 4.69) is 36.2 Å². The van der Waals surface area contributed by atoms with Crippen LogP contribution in [0.5, 0.6) is 0 Å². The molecule has 104 valence electrons. The van der Waals surface area contributed by atoms with Crippen LogP contribution in [0.1, 0.15) is 32.0 Å². The van der Waals surface area contributed by atoms with Crippen LogP contribution in [0, 0.1) is 5.92 Å². The van der Waals surface area contributed by atoms with Crippen molar-refractivity contribution >= 4 is 29.9 Å². The molecule has 0 aliphatic heterocycles. The van der Waals surface area contributed by atoms with Crippen LogP contribution in [-0.4, -0.2) is 22.3 Å². The fourth-order valence-corrected chi connectivity index (χ4v) is 1.55. The van der Waals surface area contributed by atoms with Gasteiger partial charge in [-0.2, -0.15) is 5.10 Å². The molecule has 0 saturated heterocycles. The molecular formula is C12H24IN5. The fraction of sp³-hybridized carbons (Fsp3) is 0.667. The lowest BCUT2D eigenvalue weighted by molar-refractivity contribution is 0.622. The summed E-state index contributed by atoms with van der Waals surface area (Å²) in [6, 6.07) is 0. The van der Waals surface area contributed by atoms with E-state index < -0.39 is 0 Å². The van der Waals surface area contributed by atoms with Gasteiger partial charge in [-0.1, -0.05) is 20.8 Å². The normalized spacial score (nSPS) is 11.5. The minimum atomic E-state index is 0. The average molecular weight is 365 g/mol. The Labute approximate surface area is 126 Å². The Kier molecular flexibility index (Phi) is 7.97. The minimum Gasteiger partial charge on any atom is -0.370 e. The summed E-state index contributed by atoms with van der Waals surface area (Å²) in [5, 5.41) is 7.46. The summed E-state index contributed by atoms with van der Waals surface area (Å²) in [5.41, 5.74) is 8.01. The molecule has 0 radical (unpaired) electrons. The minimum absolute atomic E-state index is 0. The number of nitrogens with two attached hydrogens (primary N) is 1. The highest BCUT2D eigenvalue weighted by molar-refractivity contribution is 14.0. The Bertz CT molecular complexity index is 384. The van der Waals surface area contributed by atoms with Crippen molar-refractivity contribution in [3.8, 4) is 0 Å². The van der Waals surface area contributed by atoms with E-state index in [1.54, 1.807) is 0 Å². The second-order valence-electron chi connectivity index (χ2n) is 4.60. The van der Waals surface area contributed by atoms with Gasteiger partial charge in [0.05, 0.1) is 12.2 Å². The molecule has 1 rings (SSSR count). The van der Waals surface area contributed by atoms with Crippen molar-refractivity contribution in [3.05, 3.63) is 17.5 Å². The van der Waals surface area contributed by atoms with Crippen LogP contribution in [0.2, 0.25) is 0 Å². The zero-order valence-electron chi connectivity index (χ0n) is 11.6. The van der Waals surface area contributed by atoms with E-state index in [4.69, 9.17) is 5.73 Å². The number of guanidine groups is 1. The first-order valence-corrected chi connectivity index (χ1v) is 6.08. The monoisotopic (exact) mass is 365 g/mol. The van der Waals surface area contributed by atoms with Crippen LogP contribution < -0.4 is 11.1 Å². The van der Waals surface area contributed by atoms with Gasteiger partial charge in [0.15, 0.2) is 5.96 Å². The molecule has 0 aliphatic carbocycles. The summed E-state index contributed by atoms with van der Waals surface area (Å²) in [6.07, 6.45) is 2.92. The molecule has 0 aliphatic rings. The number of rotatable bonds is 5. The lowest BCUT2D eigenvalue weighted by atomic mass is 10.2. The van der Waals surface area contributed by atoms with Crippen molar-refractivity contribution < 1.29 is 0 Å². The highest BCUT2D eigenvalue weighted by Crippen LogP contribution is 2.08. The maximum absolute atomic E-state index is 5.78. The predicted octanol–water partition coefficient (Wildman–Crippen LogP) is 1.66. The van der Waals surface area contributed by atoms with Gasteiger partial charge in [0.1, 0.15) is 0 Å². The zero-order chi connectivity index (χ0) is 12.8. The third-order valence-corrected chi connectivity index (χ3v) is 2.44. The summed E-state index contributed by atoms with van der Waals surface area (Å²) < 4.78 is 1.82. The molecule has 1 aromatic rings. The first-order chi connectivity index (χ1) is 8.02. The quantitative estimate of drug-likeness (QED) is 0.474. The van der Waals surface area contributed by atoms with Gasteiger partial charge in [-0.25, -0.2) is 4.99 Å². The summed E-state index contributed by atoms with van der Waals surface area (Å²) >= 11 is 0. The van der Waals surface area contributed by atoms with Crippen molar-refractivity contribution in [2.75, 3.05) is 6.54 Å². The van der Waals surface area contributed by atoms with Gasteiger partial charge < -0.3 is 11.1 Å². The first kappa shape index (κ1) is 17.2. The van der Waals surface area contributed by atoms with Gasteiger partial charge in [-0.3, -0.25) is 4.68 Å². The van der Waals surface area contributed by atoms with Crippen LogP contribution >= 0.6 is 24.0 Å². The largest absolute Gasteiger partial charge is 0.370 e. The van der Waals surface area contributed by atoms with Crippen molar-refractivity contribution in [3.63, 3.8) is 0 Å². The number of nitrogens with one attached hydrogen (secondary N) is 1. The molecule has 0 bridgehead atoms. The van der Waals surface area contributed by atoms with E-state index in [-0.39, 0.29) is 24.0 Å². The van der Waals surface area contributed by atoms with E-state index in [1.165, 1.54) is 0 Å². The molecule has 0 fully saturated rings. The fourth-order valence-electron chi connectivity index (χ4n) is 1.55. The number of hydrogen-bond donors (Lipinski definition) is 2. The molecule has 0 saturated carbocycles.